The molecule has 1 amide bonds. The molecule has 2 rings (SSSR count). The molecular formula is C10H17N5OS. The fourth-order valence-corrected chi connectivity index (χ4v) is 2.66. The van der Waals surface area contributed by atoms with Crippen LogP contribution in [0.2, 0.25) is 0 Å². The molecule has 7 heteroatoms. The molecule has 1 atom stereocenters. The van der Waals surface area contributed by atoms with Crippen molar-refractivity contribution in [1.29, 1.82) is 0 Å². The van der Waals surface area contributed by atoms with Gasteiger partial charge in [0.25, 0.3) is 0 Å². The first-order valence-electron chi connectivity index (χ1n) is 5.73. The number of likely N-dealkylation sites (tertiary alicyclic amines) is 1. The van der Waals surface area contributed by atoms with Gasteiger partial charge in [-0.05, 0) is 18.8 Å². The maximum atomic E-state index is 11.9. The van der Waals surface area contributed by atoms with Crippen LogP contribution in [0.3, 0.4) is 0 Å². The minimum atomic E-state index is 0.157. The minimum Gasteiger partial charge on any atom is -0.368 e. The van der Waals surface area contributed by atoms with E-state index in [9.17, 15) is 4.79 Å². The van der Waals surface area contributed by atoms with Crippen LogP contribution in [0.4, 0.5) is 5.95 Å². The zero-order valence-electron chi connectivity index (χ0n) is 9.85. The lowest BCUT2D eigenvalue weighted by Crippen LogP contribution is -2.40. The quantitative estimate of drug-likeness (QED) is 0.778. The number of aromatic amines is 1. The topological polar surface area (TPSA) is 87.9 Å². The molecule has 94 valence electrons. The van der Waals surface area contributed by atoms with Gasteiger partial charge in [-0.25, -0.2) is 5.10 Å². The Bertz CT molecular complexity index is 394. The number of nitrogens with two attached hydrogens (primary N) is 1. The van der Waals surface area contributed by atoms with E-state index in [1.54, 1.807) is 0 Å². The second-order valence-electron chi connectivity index (χ2n) is 4.38. The summed E-state index contributed by atoms with van der Waals surface area (Å²) in [5.74, 6) is 1.43. The molecule has 1 aromatic heterocycles. The number of anilines is 1. The number of piperidine rings is 1. The van der Waals surface area contributed by atoms with E-state index in [0.29, 0.717) is 16.8 Å². The highest BCUT2D eigenvalue weighted by Crippen LogP contribution is 2.18. The third-order valence-corrected chi connectivity index (χ3v) is 3.65. The number of carbonyl (C=O) groups is 1. The zero-order chi connectivity index (χ0) is 12.3. The molecule has 3 N–H and O–H groups in total. The number of nitrogens with zero attached hydrogens (tertiary/aromatic N) is 3. The van der Waals surface area contributed by atoms with Gasteiger partial charge in [0, 0.05) is 13.1 Å². The summed E-state index contributed by atoms with van der Waals surface area (Å²) in [5.41, 5.74) is 5.41. The molecule has 0 spiro atoms. The first-order valence-corrected chi connectivity index (χ1v) is 6.72. The lowest BCUT2D eigenvalue weighted by atomic mass is 10.0. The Morgan fingerprint density at radius 1 is 1.71 bits per heavy atom. The highest BCUT2D eigenvalue weighted by molar-refractivity contribution is 7.99. The van der Waals surface area contributed by atoms with Gasteiger partial charge >= 0.3 is 0 Å². The lowest BCUT2D eigenvalue weighted by molar-refractivity contribution is -0.130. The number of aromatic nitrogens is 3. The van der Waals surface area contributed by atoms with Crippen LogP contribution < -0.4 is 5.73 Å². The van der Waals surface area contributed by atoms with Gasteiger partial charge in [-0.3, -0.25) is 4.79 Å². The molecule has 2 heterocycles. The summed E-state index contributed by atoms with van der Waals surface area (Å²) in [6, 6.07) is 0. The van der Waals surface area contributed by atoms with E-state index in [2.05, 4.69) is 22.1 Å². The fraction of sp³-hybridized carbons (Fsp3) is 0.700. The summed E-state index contributed by atoms with van der Waals surface area (Å²) in [6.07, 6.45) is 2.32. The number of nitrogens with one attached hydrogen (secondary N) is 1. The average molecular weight is 255 g/mol. The Morgan fingerprint density at radius 3 is 3.18 bits per heavy atom. The summed E-state index contributed by atoms with van der Waals surface area (Å²) in [6.45, 7) is 3.93. The van der Waals surface area contributed by atoms with E-state index in [1.807, 2.05) is 4.90 Å². The highest BCUT2D eigenvalue weighted by atomic mass is 32.2. The first-order chi connectivity index (χ1) is 8.15. The summed E-state index contributed by atoms with van der Waals surface area (Å²) < 4.78 is 0. The van der Waals surface area contributed by atoms with Crippen molar-refractivity contribution in [2.75, 3.05) is 24.6 Å². The molecule has 0 aromatic carbocycles. The van der Waals surface area contributed by atoms with Crippen LogP contribution in [0.5, 0.6) is 0 Å². The third-order valence-electron chi connectivity index (χ3n) is 2.82. The molecule has 0 aliphatic carbocycles. The second kappa shape index (κ2) is 5.39. The summed E-state index contributed by atoms with van der Waals surface area (Å²) >= 11 is 1.32. The number of thioether (sulfide) groups is 1. The van der Waals surface area contributed by atoms with Gasteiger partial charge in [0.1, 0.15) is 0 Å². The molecule has 6 nitrogen and oxygen atoms in total. The van der Waals surface area contributed by atoms with Crippen LogP contribution in [0, 0.1) is 5.92 Å². The lowest BCUT2D eigenvalue weighted by Gasteiger charge is -2.30. The van der Waals surface area contributed by atoms with Crippen molar-refractivity contribution in [1.82, 2.24) is 20.1 Å². The van der Waals surface area contributed by atoms with Crippen molar-refractivity contribution in [2.45, 2.75) is 24.9 Å². The van der Waals surface area contributed by atoms with E-state index in [0.717, 1.165) is 19.5 Å². The van der Waals surface area contributed by atoms with Crippen molar-refractivity contribution in [3.05, 3.63) is 0 Å². The van der Waals surface area contributed by atoms with Crippen molar-refractivity contribution >= 4 is 23.6 Å². The van der Waals surface area contributed by atoms with E-state index >= 15 is 0 Å². The van der Waals surface area contributed by atoms with Gasteiger partial charge in [0.2, 0.25) is 17.0 Å². The van der Waals surface area contributed by atoms with E-state index < -0.39 is 0 Å². The second-order valence-corrected chi connectivity index (χ2v) is 5.32. The maximum absolute atomic E-state index is 11.9. The summed E-state index contributed by atoms with van der Waals surface area (Å²) in [4.78, 5) is 17.8. The predicted molar refractivity (Wildman–Crippen MR) is 66.5 cm³/mol. The number of hydrogen-bond donors (Lipinski definition) is 2. The molecule has 1 aromatic rings. The van der Waals surface area contributed by atoms with Crippen LogP contribution in [0.1, 0.15) is 19.8 Å². The standard InChI is InChI=1S/C10H17N5OS/c1-7-3-2-4-15(5-7)8(16)6-17-10-12-9(11)13-14-10/h7H,2-6H2,1H3,(H3,11,12,13,14)/t7-/m1/s1. The fourth-order valence-electron chi connectivity index (χ4n) is 1.96. The molecule has 1 aliphatic heterocycles. The Labute approximate surface area is 104 Å². The monoisotopic (exact) mass is 255 g/mol. The zero-order valence-corrected chi connectivity index (χ0v) is 10.7. The molecule has 17 heavy (non-hydrogen) atoms. The smallest absolute Gasteiger partial charge is 0.233 e. The van der Waals surface area contributed by atoms with Crippen molar-refractivity contribution in [2.24, 2.45) is 5.92 Å². The van der Waals surface area contributed by atoms with Gasteiger partial charge in [-0.2, -0.15) is 4.98 Å². The van der Waals surface area contributed by atoms with E-state index in [4.69, 9.17) is 5.73 Å². The molecular weight excluding hydrogens is 238 g/mol. The Hall–Kier alpha value is -1.24. The van der Waals surface area contributed by atoms with E-state index in [-0.39, 0.29) is 11.9 Å². The molecule has 1 aliphatic rings. The normalized spacial score (nSPS) is 20.5. The minimum absolute atomic E-state index is 0.157. The maximum Gasteiger partial charge on any atom is 0.233 e. The van der Waals surface area contributed by atoms with Crippen LogP contribution in [-0.2, 0) is 4.79 Å². The van der Waals surface area contributed by atoms with Gasteiger partial charge < -0.3 is 10.6 Å². The Morgan fingerprint density at radius 2 is 2.53 bits per heavy atom. The number of nitrogen functional groups attached to an aromatic ring is 1. The molecule has 1 saturated heterocycles. The number of carbonyl (C=O) groups excluding carboxylic acids is 1. The van der Waals surface area contributed by atoms with Crippen molar-refractivity contribution in [3.63, 3.8) is 0 Å². The number of amides is 1. The molecule has 0 saturated carbocycles. The summed E-state index contributed by atoms with van der Waals surface area (Å²) in [5, 5.41) is 6.96. The number of rotatable bonds is 3. The van der Waals surface area contributed by atoms with Crippen LogP contribution in [-0.4, -0.2) is 44.8 Å². The third kappa shape index (κ3) is 3.36. The van der Waals surface area contributed by atoms with Crippen molar-refractivity contribution in [3.8, 4) is 0 Å². The Kier molecular flexibility index (Phi) is 3.88. The van der Waals surface area contributed by atoms with E-state index in [1.165, 1.54) is 18.2 Å². The predicted octanol–water partition coefficient (Wildman–Crippen LogP) is 0.738. The molecule has 0 radical (unpaired) electrons. The number of hydrogen-bond acceptors (Lipinski definition) is 5. The average Bonchev–Trinajstić information content (AvgIpc) is 2.72. The van der Waals surface area contributed by atoms with Crippen LogP contribution in [0.15, 0.2) is 5.16 Å². The molecule has 0 bridgehead atoms. The molecule has 0 unspecified atom stereocenters. The van der Waals surface area contributed by atoms with Crippen LogP contribution in [0.25, 0.3) is 0 Å². The molecule has 1 fully saturated rings. The summed E-state index contributed by atoms with van der Waals surface area (Å²) in [7, 11) is 0. The van der Waals surface area contributed by atoms with Crippen molar-refractivity contribution < 1.29 is 4.79 Å². The highest BCUT2D eigenvalue weighted by Gasteiger charge is 2.21. The van der Waals surface area contributed by atoms with Gasteiger partial charge in [0.05, 0.1) is 5.75 Å². The van der Waals surface area contributed by atoms with Gasteiger partial charge in [-0.15, -0.1) is 5.10 Å². The SMILES string of the molecule is C[C@@H]1CCCN(C(=O)CSc2n[nH]c(N)n2)C1. The number of H-pyrrole nitrogens is 1. The van der Waals surface area contributed by atoms with Crippen LogP contribution >= 0.6 is 11.8 Å². The Balaban J connectivity index is 1.80. The first kappa shape index (κ1) is 12.2. The van der Waals surface area contributed by atoms with Gasteiger partial charge in [0.15, 0.2) is 0 Å². The van der Waals surface area contributed by atoms with Gasteiger partial charge in [-0.1, -0.05) is 18.7 Å². The largest absolute Gasteiger partial charge is 0.368 e.